The van der Waals surface area contributed by atoms with Crippen molar-refractivity contribution in [2.24, 2.45) is 51.2 Å². The first-order valence-corrected chi connectivity index (χ1v) is 21.7. The van der Waals surface area contributed by atoms with Crippen molar-refractivity contribution in [2.45, 2.75) is 111 Å². The molecule has 7 rings (SSSR count). The standard InChI is InChI=1S/C41H64N6O2S/c1-29(2)31-13-16-41(28-43-20-8-21-46-23-25-50(48,49)26-24-46)18-17-39(6)32(36(31)41)10-11-34-38(5)19-22-47(35-12-9-30(27-42)44-45-35)37(3,4)33(38)14-15-40(34,39)7/h9,12,31-34,36,43H,1,8,10-11,13-26,28H2,2-7H3/t31-,32+,33-,34+,36+,38-,39+,40+,41+/m0/s1. The predicted molar refractivity (Wildman–Crippen MR) is 201 cm³/mol. The Bertz CT molecular complexity index is 1590. The van der Waals surface area contributed by atoms with Gasteiger partial charge < -0.3 is 15.1 Å². The summed E-state index contributed by atoms with van der Waals surface area (Å²) in [4.78, 5) is 4.83. The van der Waals surface area contributed by atoms with E-state index in [2.05, 4.69) is 79.5 Å². The average molecular weight is 705 g/mol. The highest BCUT2D eigenvalue weighted by Gasteiger charge is 2.70. The van der Waals surface area contributed by atoms with E-state index in [9.17, 15) is 13.7 Å². The molecule has 0 radical (unpaired) electrons. The maximum atomic E-state index is 11.9. The fourth-order valence-electron chi connectivity index (χ4n) is 14.0. The quantitative estimate of drug-likeness (QED) is 0.231. The van der Waals surface area contributed by atoms with Gasteiger partial charge in [0.2, 0.25) is 0 Å². The molecule has 4 saturated carbocycles. The van der Waals surface area contributed by atoms with E-state index in [0.717, 1.165) is 44.3 Å². The van der Waals surface area contributed by atoms with Crippen molar-refractivity contribution >= 4 is 15.7 Å². The highest BCUT2D eigenvalue weighted by atomic mass is 32.2. The molecular weight excluding hydrogens is 641 g/mol. The minimum atomic E-state index is -2.82. The van der Waals surface area contributed by atoms with Gasteiger partial charge in [0.05, 0.1) is 11.5 Å². The molecule has 1 aromatic rings. The van der Waals surface area contributed by atoms with Crippen molar-refractivity contribution < 1.29 is 8.42 Å². The average Bonchev–Trinajstić information content (AvgIpc) is 3.46. The molecule has 1 aromatic heterocycles. The number of hydrogen-bond donors (Lipinski definition) is 1. The van der Waals surface area contributed by atoms with Gasteiger partial charge in [0.1, 0.15) is 6.07 Å². The highest BCUT2D eigenvalue weighted by Crippen LogP contribution is 2.76. The van der Waals surface area contributed by atoms with E-state index in [-0.39, 0.29) is 11.0 Å². The Balaban J connectivity index is 1.08. The van der Waals surface area contributed by atoms with E-state index in [1.54, 1.807) is 0 Å². The Morgan fingerprint density at radius 1 is 0.940 bits per heavy atom. The van der Waals surface area contributed by atoms with E-state index >= 15 is 0 Å². The Hall–Kier alpha value is -2.02. The topological polar surface area (TPSA) is 102 Å². The molecule has 2 saturated heterocycles. The van der Waals surface area contributed by atoms with Gasteiger partial charge in [-0.25, -0.2) is 8.42 Å². The lowest BCUT2D eigenvalue weighted by Gasteiger charge is -2.73. The fraction of sp³-hybridized carbons (Fsp3) is 0.829. The summed E-state index contributed by atoms with van der Waals surface area (Å²) in [5.41, 5.74) is 3.02. The first-order valence-electron chi connectivity index (χ1n) is 19.9. The number of nitrogens with zero attached hydrogens (tertiary/aromatic N) is 5. The van der Waals surface area contributed by atoms with Crippen LogP contribution >= 0.6 is 0 Å². The molecule has 0 bridgehead atoms. The molecule has 0 spiro atoms. The van der Waals surface area contributed by atoms with E-state index in [1.165, 1.54) is 63.4 Å². The van der Waals surface area contributed by atoms with Crippen LogP contribution in [0.5, 0.6) is 0 Å². The molecule has 8 nitrogen and oxygen atoms in total. The summed E-state index contributed by atoms with van der Waals surface area (Å²) in [6.07, 6.45) is 12.8. The summed E-state index contributed by atoms with van der Waals surface area (Å²) in [5.74, 6) is 4.90. The van der Waals surface area contributed by atoms with Gasteiger partial charge in [-0.15, -0.1) is 10.2 Å². The maximum absolute atomic E-state index is 11.9. The molecule has 0 amide bonds. The smallest absolute Gasteiger partial charge is 0.163 e. The minimum absolute atomic E-state index is 0.0372. The van der Waals surface area contributed by atoms with Gasteiger partial charge in [-0.1, -0.05) is 32.9 Å². The Kier molecular flexibility index (Phi) is 9.33. The van der Waals surface area contributed by atoms with Gasteiger partial charge in [-0.3, -0.25) is 0 Å². The Morgan fingerprint density at radius 2 is 1.70 bits per heavy atom. The van der Waals surface area contributed by atoms with Crippen molar-refractivity contribution in [1.29, 1.82) is 5.26 Å². The number of hydrogen-bond acceptors (Lipinski definition) is 8. The second-order valence-electron chi connectivity index (χ2n) is 19.0. The second-order valence-corrected chi connectivity index (χ2v) is 21.3. The van der Waals surface area contributed by atoms with Gasteiger partial charge >= 0.3 is 0 Å². The fourth-order valence-corrected chi connectivity index (χ4v) is 15.2. The predicted octanol–water partition coefficient (Wildman–Crippen LogP) is 6.88. The number of anilines is 1. The van der Waals surface area contributed by atoms with Crippen LogP contribution < -0.4 is 10.2 Å². The van der Waals surface area contributed by atoms with E-state index in [1.807, 2.05) is 12.1 Å². The molecule has 9 heteroatoms. The van der Waals surface area contributed by atoms with Crippen LogP contribution in [0.2, 0.25) is 0 Å². The lowest BCUT2D eigenvalue weighted by atomic mass is 9.33. The van der Waals surface area contributed by atoms with E-state index in [0.29, 0.717) is 70.2 Å². The number of nitrogens with one attached hydrogen (secondary N) is 1. The summed E-state index contributed by atoms with van der Waals surface area (Å²) in [6, 6.07) is 5.94. The van der Waals surface area contributed by atoms with Crippen molar-refractivity contribution in [2.75, 3.05) is 55.7 Å². The number of sulfone groups is 1. The third kappa shape index (κ3) is 5.68. The molecule has 6 aliphatic rings. The highest BCUT2D eigenvalue weighted by molar-refractivity contribution is 7.91. The molecule has 3 heterocycles. The third-order valence-electron chi connectivity index (χ3n) is 16.7. The summed E-state index contributed by atoms with van der Waals surface area (Å²) < 4.78 is 23.7. The Morgan fingerprint density at radius 3 is 2.38 bits per heavy atom. The number of rotatable bonds is 8. The van der Waals surface area contributed by atoms with E-state index in [4.69, 9.17) is 0 Å². The zero-order valence-corrected chi connectivity index (χ0v) is 32.8. The number of aromatic nitrogens is 2. The van der Waals surface area contributed by atoms with Gasteiger partial charge in [0.25, 0.3) is 0 Å². The van der Waals surface area contributed by atoms with Crippen molar-refractivity contribution in [1.82, 2.24) is 20.4 Å². The van der Waals surface area contributed by atoms with Crippen LogP contribution in [0.25, 0.3) is 0 Å². The van der Waals surface area contributed by atoms with Crippen LogP contribution in [0.1, 0.15) is 111 Å². The number of nitriles is 1. The second kappa shape index (κ2) is 12.8. The molecule has 6 fully saturated rings. The molecule has 2 aliphatic heterocycles. The van der Waals surface area contributed by atoms with Crippen molar-refractivity contribution in [3.05, 3.63) is 30.0 Å². The van der Waals surface area contributed by atoms with Crippen LogP contribution in [0, 0.1) is 62.6 Å². The lowest BCUT2D eigenvalue weighted by Crippen LogP contribution is -2.70. The summed E-state index contributed by atoms with van der Waals surface area (Å²) in [7, 11) is -2.82. The van der Waals surface area contributed by atoms with Crippen LogP contribution in [0.15, 0.2) is 24.3 Å². The normalized spacial score (nSPS) is 42.0. The zero-order valence-electron chi connectivity index (χ0n) is 31.9. The van der Waals surface area contributed by atoms with Crippen molar-refractivity contribution in [3.8, 4) is 6.07 Å². The summed E-state index contributed by atoms with van der Waals surface area (Å²) >= 11 is 0. The first kappa shape index (κ1) is 36.3. The SMILES string of the molecule is C=C(C)[C@@H]1CC[C@]2(CNCCCN3CCS(=O)(=O)CC3)CC[C@]3(C)[C@H](CC[C@@H]4[C@@]5(C)CCN(c6ccc(C#N)nn6)C(C)(C)[C@@H]5CC[C@]43C)[C@@H]12. The summed E-state index contributed by atoms with van der Waals surface area (Å²) in [5, 5.41) is 22.0. The van der Waals surface area contributed by atoms with Gasteiger partial charge in [0, 0.05) is 31.7 Å². The Labute approximate surface area is 303 Å². The number of piperidine rings is 1. The lowest BCUT2D eigenvalue weighted by molar-refractivity contribution is -0.227. The monoisotopic (exact) mass is 704 g/mol. The van der Waals surface area contributed by atoms with Crippen LogP contribution in [-0.2, 0) is 9.84 Å². The van der Waals surface area contributed by atoms with Crippen LogP contribution in [0.4, 0.5) is 5.82 Å². The molecule has 276 valence electrons. The zero-order chi connectivity index (χ0) is 35.7. The van der Waals surface area contributed by atoms with Gasteiger partial charge in [-0.05, 0) is 161 Å². The molecule has 9 atom stereocenters. The van der Waals surface area contributed by atoms with Gasteiger partial charge in [0.15, 0.2) is 21.3 Å². The maximum Gasteiger partial charge on any atom is 0.163 e. The van der Waals surface area contributed by atoms with Crippen LogP contribution in [-0.4, -0.2) is 79.8 Å². The molecule has 50 heavy (non-hydrogen) atoms. The minimum Gasteiger partial charge on any atom is -0.350 e. The van der Waals surface area contributed by atoms with Crippen LogP contribution in [0.3, 0.4) is 0 Å². The molecule has 4 aliphatic carbocycles. The van der Waals surface area contributed by atoms with Crippen molar-refractivity contribution in [3.63, 3.8) is 0 Å². The van der Waals surface area contributed by atoms with E-state index < -0.39 is 9.84 Å². The third-order valence-corrected chi connectivity index (χ3v) is 18.3. The first-order chi connectivity index (χ1) is 23.6. The van der Waals surface area contributed by atoms with Gasteiger partial charge in [-0.2, -0.15) is 5.26 Å². The number of allylic oxidation sites excluding steroid dienone is 1. The largest absolute Gasteiger partial charge is 0.350 e. The number of fused-ring (bicyclic) bond motifs is 7. The molecule has 1 N–H and O–H groups in total. The summed E-state index contributed by atoms with van der Waals surface area (Å²) in [6.45, 7) is 25.4. The molecular formula is C41H64N6O2S. The molecule has 0 aromatic carbocycles. The molecule has 0 unspecified atom stereocenters.